The van der Waals surface area contributed by atoms with Crippen molar-refractivity contribution >= 4 is 17.4 Å². The van der Waals surface area contributed by atoms with E-state index < -0.39 is 0 Å². The molecule has 0 saturated heterocycles. The van der Waals surface area contributed by atoms with Gasteiger partial charge >= 0.3 is 0 Å². The highest BCUT2D eigenvalue weighted by molar-refractivity contribution is 6.29. The number of aliphatic hydroxyl groups is 1. The number of nitrogens with zero attached hydrogens (tertiary/aromatic N) is 2. The lowest BCUT2D eigenvalue weighted by Gasteiger charge is -2.21. The number of halogens is 1. The van der Waals surface area contributed by atoms with Crippen molar-refractivity contribution < 1.29 is 5.11 Å². The van der Waals surface area contributed by atoms with Gasteiger partial charge in [0, 0.05) is 0 Å². The summed E-state index contributed by atoms with van der Waals surface area (Å²) >= 11 is 5.76. The lowest BCUT2D eigenvalue weighted by molar-refractivity contribution is 0.144. The molecule has 2 unspecified atom stereocenters. The second kappa shape index (κ2) is 5.46. The van der Waals surface area contributed by atoms with Crippen LogP contribution in [0.3, 0.4) is 0 Å². The topological polar surface area (TPSA) is 58.0 Å². The summed E-state index contributed by atoms with van der Waals surface area (Å²) in [6.07, 6.45) is 8.07. The predicted octanol–water partition coefficient (Wildman–Crippen LogP) is 2.24. The van der Waals surface area contributed by atoms with Gasteiger partial charge in [-0.1, -0.05) is 30.9 Å². The highest BCUT2D eigenvalue weighted by atomic mass is 35.5. The Labute approximate surface area is 100 Å². The van der Waals surface area contributed by atoms with Gasteiger partial charge in [0.05, 0.1) is 24.5 Å². The minimum Gasteiger partial charge on any atom is -0.391 e. The average molecular weight is 242 g/mol. The zero-order chi connectivity index (χ0) is 11.4. The second-order valence-corrected chi connectivity index (χ2v) is 4.57. The zero-order valence-corrected chi connectivity index (χ0v) is 9.82. The Morgan fingerprint density at radius 2 is 2.06 bits per heavy atom. The van der Waals surface area contributed by atoms with Crippen LogP contribution in [0, 0.1) is 0 Å². The number of aliphatic hydroxyl groups excluding tert-OH is 1. The first kappa shape index (κ1) is 11.6. The molecule has 2 atom stereocenters. The van der Waals surface area contributed by atoms with Gasteiger partial charge < -0.3 is 10.4 Å². The molecule has 16 heavy (non-hydrogen) atoms. The summed E-state index contributed by atoms with van der Waals surface area (Å²) in [5, 5.41) is 13.5. The van der Waals surface area contributed by atoms with Crippen molar-refractivity contribution in [2.45, 2.75) is 44.2 Å². The monoisotopic (exact) mass is 241 g/mol. The Balaban J connectivity index is 2.02. The molecule has 0 aliphatic heterocycles. The average Bonchev–Trinajstić information content (AvgIpc) is 2.45. The van der Waals surface area contributed by atoms with Crippen molar-refractivity contribution in [3.8, 4) is 0 Å². The molecule has 1 heterocycles. The van der Waals surface area contributed by atoms with Crippen molar-refractivity contribution in [3.05, 3.63) is 17.5 Å². The van der Waals surface area contributed by atoms with Crippen molar-refractivity contribution in [1.29, 1.82) is 0 Å². The van der Waals surface area contributed by atoms with Crippen LogP contribution in [0.1, 0.15) is 32.1 Å². The number of aromatic nitrogens is 2. The van der Waals surface area contributed by atoms with Crippen LogP contribution in [-0.4, -0.2) is 27.2 Å². The first-order valence-corrected chi connectivity index (χ1v) is 6.05. The van der Waals surface area contributed by atoms with E-state index in [1.54, 1.807) is 6.20 Å². The Hall–Kier alpha value is -0.870. The molecule has 2 rings (SSSR count). The predicted molar refractivity (Wildman–Crippen MR) is 63.5 cm³/mol. The molecule has 0 amide bonds. The highest BCUT2D eigenvalue weighted by Gasteiger charge is 2.21. The largest absolute Gasteiger partial charge is 0.391 e. The number of anilines is 1. The summed E-state index contributed by atoms with van der Waals surface area (Å²) in [5.74, 6) is 0.637. The fraction of sp³-hybridized carbons (Fsp3) is 0.636. The van der Waals surface area contributed by atoms with E-state index in [9.17, 15) is 5.11 Å². The standard InChI is InChI=1S/C11H16ClN3O/c12-10-6-13-7-11(15-10)14-8-4-2-1-3-5-9(8)16/h6-9,16H,1-5H2,(H,14,15). The first-order chi connectivity index (χ1) is 7.75. The van der Waals surface area contributed by atoms with Crippen LogP contribution in [0.2, 0.25) is 5.15 Å². The number of nitrogens with one attached hydrogen (secondary N) is 1. The molecule has 1 aromatic rings. The number of hydrogen-bond donors (Lipinski definition) is 2. The summed E-state index contributed by atoms with van der Waals surface area (Å²) in [6, 6.07) is 0.0651. The Morgan fingerprint density at radius 1 is 1.25 bits per heavy atom. The van der Waals surface area contributed by atoms with Gasteiger partial charge in [-0.2, -0.15) is 0 Å². The van der Waals surface area contributed by atoms with Crippen molar-refractivity contribution in [3.63, 3.8) is 0 Å². The maximum atomic E-state index is 9.94. The van der Waals surface area contributed by atoms with Gasteiger partial charge in [0.2, 0.25) is 0 Å². The molecule has 0 bridgehead atoms. The van der Waals surface area contributed by atoms with Crippen LogP contribution >= 0.6 is 11.6 Å². The third kappa shape index (κ3) is 3.06. The van der Waals surface area contributed by atoms with E-state index in [1.807, 2.05) is 0 Å². The zero-order valence-electron chi connectivity index (χ0n) is 9.06. The summed E-state index contributed by atoms with van der Waals surface area (Å²) in [4.78, 5) is 8.07. The molecular weight excluding hydrogens is 226 g/mol. The molecule has 1 aliphatic rings. The summed E-state index contributed by atoms with van der Waals surface area (Å²) in [6.45, 7) is 0. The highest BCUT2D eigenvalue weighted by Crippen LogP contribution is 2.21. The van der Waals surface area contributed by atoms with Crippen molar-refractivity contribution in [2.75, 3.05) is 5.32 Å². The van der Waals surface area contributed by atoms with Crippen LogP contribution in [0.4, 0.5) is 5.82 Å². The Morgan fingerprint density at radius 3 is 2.88 bits per heavy atom. The van der Waals surface area contributed by atoms with E-state index >= 15 is 0 Å². The van der Waals surface area contributed by atoms with Gasteiger partial charge in [-0.3, -0.25) is 4.98 Å². The van der Waals surface area contributed by atoms with Crippen molar-refractivity contribution in [2.24, 2.45) is 0 Å². The van der Waals surface area contributed by atoms with Crippen LogP contribution < -0.4 is 5.32 Å². The van der Waals surface area contributed by atoms with E-state index in [2.05, 4.69) is 15.3 Å². The van der Waals surface area contributed by atoms with E-state index in [-0.39, 0.29) is 12.1 Å². The second-order valence-electron chi connectivity index (χ2n) is 4.18. The van der Waals surface area contributed by atoms with Gasteiger partial charge in [-0.15, -0.1) is 0 Å². The molecule has 5 heteroatoms. The SMILES string of the molecule is OC1CCCCCC1Nc1cncc(Cl)n1. The molecule has 1 fully saturated rings. The van der Waals surface area contributed by atoms with Crippen LogP contribution in [0.25, 0.3) is 0 Å². The molecule has 4 nitrogen and oxygen atoms in total. The quantitative estimate of drug-likeness (QED) is 0.780. The molecule has 2 N–H and O–H groups in total. The minimum atomic E-state index is -0.303. The lowest BCUT2D eigenvalue weighted by Crippen LogP contribution is -2.32. The van der Waals surface area contributed by atoms with E-state index in [4.69, 9.17) is 11.6 Å². The van der Waals surface area contributed by atoms with E-state index in [0.717, 1.165) is 25.7 Å². The van der Waals surface area contributed by atoms with E-state index in [0.29, 0.717) is 11.0 Å². The lowest BCUT2D eigenvalue weighted by atomic mass is 10.1. The minimum absolute atomic E-state index is 0.0651. The normalized spacial score (nSPS) is 26.1. The summed E-state index contributed by atoms with van der Waals surface area (Å²) in [5.41, 5.74) is 0. The molecule has 0 spiro atoms. The molecule has 1 aromatic heterocycles. The van der Waals surface area contributed by atoms with Crippen LogP contribution in [0.15, 0.2) is 12.4 Å². The fourth-order valence-corrected chi connectivity index (χ4v) is 2.21. The van der Waals surface area contributed by atoms with Crippen LogP contribution in [0.5, 0.6) is 0 Å². The van der Waals surface area contributed by atoms with Gasteiger partial charge in [0.15, 0.2) is 0 Å². The van der Waals surface area contributed by atoms with Crippen molar-refractivity contribution in [1.82, 2.24) is 9.97 Å². The fourth-order valence-electron chi connectivity index (χ4n) is 2.06. The molecule has 0 radical (unpaired) electrons. The van der Waals surface area contributed by atoms with Gasteiger partial charge in [0.1, 0.15) is 11.0 Å². The van der Waals surface area contributed by atoms with E-state index in [1.165, 1.54) is 12.6 Å². The third-order valence-electron chi connectivity index (χ3n) is 2.92. The van der Waals surface area contributed by atoms with Gasteiger partial charge in [0.25, 0.3) is 0 Å². The first-order valence-electron chi connectivity index (χ1n) is 5.68. The van der Waals surface area contributed by atoms with Gasteiger partial charge in [-0.05, 0) is 12.8 Å². The summed E-state index contributed by atoms with van der Waals surface area (Å²) < 4.78 is 0. The molecule has 1 aliphatic carbocycles. The Kier molecular flexibility index (Phi) is 3.96. The molecule has 1 saturated carbocycles. The maximum Gasteiger partial charge on any atom is 0.149 e. The maximum absolute atomic E-state index is 9.94. The molecule has 0 aromatic carbocycles. The third-order valence-corrected chi connectivity index (χ3v) is 3.10. The number of rotatable bonds is 2. The number of hydrogen-bond acceptors (Lipinski definition) is 4. The Bertz CT molecular complexity index is 348. The smallest absolute Gasteiger partial charge is 0.149 e. The van der Waals surface area contributed by atoms with Gasteiger partial charge in [-0.25, -0.2) is 4.98 Å². The molecular formula is C11H16ClN3O. The molecule has 88 valence electrons. The summed E-state index contributed by atoms with van der Waals surface area (Å²) in [7, 11) is 0. The van der Waals surface area contributed by atoms with Crippen LogP contribution in [-0.2, 0) is 0 Å².